The molecule has 0 rings (SSSR count). The molecule has 0 aromatic heterocycles. The van der Waals surface area contributed by atoms with Gasteiger partial charge in [0.25, 0.3) is 0 Å². The predicted molar refractivity (Wildman–Crippen MR) is 69.1 cm³/mol. The molecule has 100 valence electrons. The summed E-state index contributed by atoms with van der Waals surface area (Å²) in [6.45, 7) is 3.63. The highest BCUT2D eigenvalue weighted by Crippen LogP contribution is 2.04. The summed E-state index contributed by atoms with van der Waals surface area (Å²) in [7, 11) is -3.63. The molecule has 0 aliphatic carbocycles. The van der Waals surface area contributed by atoms with Crippen molar-refractivity contribution >= 4 is 33.2 Å². The Morgan fingerprint density at radius 1 is 1.41 bits per heavy atom. The highest BCUT2D eigenvalue weighted by molar-refractivity contribution is 7.92. The molecule has 8 heteroatoms. The summed E-state index contributed by atoms with van der Waals surface area (Å²) in [5.74, 6) is -1.01. The number of thiocarbonyl (C=S) groups is 1. The van der Waals surface area contributed by atoms with Gasteiger partial charge in [0.05, 0.1) is 11.6 Å². The Hall–Kier alpha value is -0.730. The second-order valence-corrected chi connectivity index (χ2v) is 5.85. The second-order valence-electron chi connectivity index (χ2n) is 3.36. The highest BCUT2D eigenvalue weighted by Gasteiger charge is 2.24. The van der Waals surface area contributed by atoms with Gasteiger partial charge in [-0.05, 0) is 13.3 Å². The van der Waals surface area contributed by atoms with Gasteiger partial charge in [0, 0.05) is 6.54 Å². The predicted octanol–water partition coefficient (Wildman–Crippen LogP) is -0.123. The van der Waals surface area contributed by atoms with E-state index in [2.05, 4.69) is 12.2 Å². The van der Waals surface area contributed by atoms with Crippen molar-refractivity contribution in [2.24, 2.45) is 5.73 Å². The SMILES string of the molecule is CCCN(CC(=O)OCC)S(=O)(=O)CC(N)=S. The Kier molecular flexibility index (Phi) is 7.24. The van der Waals surface area contributed by atoms with E-state index < -0.39 is 21.7 Å². The molecule has 0 aromatic carbocycles. The van der Waals surface area contributed by atoms with Crippen molar-refractivity contribution in [1.82, 2.24) is 4.31 Å². The maximum atomic E-state index is 11.8. The maximum Gasteiger partial charge on any atom is 0.321 e. The Morgan fingerprint density at radius 2 is 2.00 bits per heavy atom. The van der Waals surface area contributed by atoms with Crippen LogP contribution in [0.25, 0.3) is 0 Å². The summed E-state index contributed by atoms with van der Waals surface area (Å²) >= 11 is 4.57. The van der Waals surface area contributed by atoms with Crippen LogP contribution in [0.15, 0.2) is 0 Å². The third-order valence-corrected chi connectivity index (χ3v) is 3.90. The smallest absolute Gasteiger partial charge is 0.321 e. The van der Waals surface area contributed by atoms with Gasteiger partial charge in [-0.3, -0.25) is 4.79 Å². The molecule has 0 spiro atoms. The van der Waals surface area contributed by atoms with E-state index in [1.54, 1.807) is 6.92 Å². The van der Waals surface area contributed by atoms with Gasteiger partial charge in [0.15, 0.2) is 0 Å². The first-order valence-corrected chi connectivity index (χ1v) is 7.27. The fraction of sp³-hybridized carbons (Fsp3) is 0.778. The molecule has 0 aliphatic heterocycles. The molecule has 0 fully saturated rings. The van der Waals surface area contributed by atoms with Crippen LogP contribution in [0.5, 0.6) is 0 Å². The lowest BCUT2D eigenvalue weighted by molar-refractivity contribution is -0.143. The van der Waals surface area contributed by atoms with Gasteiger partial charge in [-0.1, -0.05) is 19.1 Å². The summed E-state index contributed by atoms with van der Waals surface area (Å²) in [5.41, 5.74) is 5.21. The van der Waals surface area contributed by atoms with Crippen LogP contribution in [0.3, 0.4) is 0 Å². The highest BCUT2D eigenvalue weighted by atomic mass is 32.2. The molecular weight excluding hydrogens is 264 g/mol. The summed E-state index contributed by atoms with van der Waals surface area (Å²) in [6, 6.07) is 0. The zero-order valence-corrected chi connectivity index (χ0v) is 11.6. The lowest BCUT2D eigenvalue weighted by Crippen LogP contribution is -2.41. The number of sulfonamides is 1. The monoisotopic (exact) mass is 282 g/mol. The topological polar surface area (TPSA) is 89.7 Å². The number of nitrogens with zero attached hydrogens (tertiary/aromatic N) is 1. The molecule has 0 atom stereocenters. The first-order valence-electron chi connectivity index (χ1n) is 5.25. The number of hydrogen-bond acceptors (Lipinski definition) is 5. The summed E-state index contributed by atoms with van der Waals surface area (Å²) in [5, 5.41) is 0. The minimum absolute atomic E-state index is 0.116. The minimum Gasteiger partial charge on any atom is -0.465 e. The number of nitrogens with two attached hydrogens (primary N) is 1. The number of ether oxygens (including phenoxy) is 1. The number of rotatable bonds is 8. The van der Waals surface area contributed by atoms with Crippen LogP contribution in [0.1, 0.15) is 20.3 Å². The molecule has 0 aliphatic rings. The summed E-state index contributed by atoms with van der Waals surface area (Å²) in [4.78, 5) is 11.2. The average molecular weight is 282 g/mol. The fourth-order valence-corrected chi connectivity index (χ4v) is 2.94. The van der Waals surface area contributed by atoms with Crippen LogP contribution in [0.4, 0.5) is 0 Å². The van der Waals surface area contributed by atoms with Gasteiger partial charge in [-0.25, -0.2) is 8.42 Å². The van der Waals surface area contributed by atoms with Crippen LogP contribution in [-0.2, 0) is 19.6 Å². The van der Waals surface area contributed by atoms with Gasteiger partial charge >= 0.3 is 5.97 Å². The molecule has 17 heavy (non-hydrogen) atoms. The average Bonchev–Trinajstić information content (AvgIpc) is 2.15. The number of hydrogen-bond donors (Lipinski definition) is 1. The van der Waals surface area contributed by atoms with Gasteiger partial charge in [-0.15, -0.1) is 0 Å². The first-order chi connectivity index (χ1) is 7.83. The van der Waals surface area contributed by atoms with E-state index in [0.717, 1.165) is 4.31 Å². The number of carbonyl (C=O) groups is 1. The lowest BCUT2D eigenvalue weighted by atomic mass is 10.5. The van der Waals surface area contributed by atoms with E-state index in [1.165, 1.54) is 0 Å². The maximum absolute atomic E-state index is 11.8. The lowest BCUT2D eigenvalue weighted by Gasteiger charge is -2.20. The van der Waals surface area contributed by atoms with Gasteiger partial charge < -0.3 is 10.5 Å². The summed E-state index contributed by atoms with van der Waals surface area (Å²) < 4.78 is 29.4. The van der Waals surface area contributed by atoms with E-state index >= 15 is 0 Å². The van der Waals surface area contributed by atoms with Crippen molar-refractivity contribution in [3.63, 3.8) is 0 Å². The standard InChI is InChI=1S/C9H18N2O4S2/c1-3-5-11(6-9(12)15-4-2)17(13,14)7-8(10)16/h3-7H2,1-2H3,(H2,10,16). The zero-order chi connectivity index (χ0) is 13.5. The van der Waals surface area contributed by atoms with Crippen LogP contribution < -0.4 is 5.73 Å². The van der Waals surface area contributed by atoms with Crippen LogP contribution in [0, 0.1) is 0 Å². The molecule has 0 radical (unpaired) electrons. The Balaban J connectivity index is 4.72. The first kappa shape index (κ1) is 16.3. The van der Waals surface area contributed by atoms with Gasteiger partial charge in [0.1, 0.15) is 12.3 Å². The van der Waals surface area contributed by atoms with Crippen molar-refractivity contribution < 1.29 is 17.9 Å². The molecule has 0 amide bonds. The largest absolute Gasteiger partial charge is 0.465 e. The van der Waals surface area contributed by atoms with Gasteiger partial charge in [-0.2, -0.15) is 4.31 Å². The Morgan fingerprint density at radius 3 is 2.41 bits per heavy atom. The molecule has 0 saturated heterocycles. The van der Waals surface area contributed by atoms with E-state index in [9.17, 15) is 13.2 Å². The molecule has 0 bridgehead atoms. The van der Waals surface area contributed by atoms with Crippen molar-refractivity contribution in [2.75, 3.05) is 25.4 Å². The quantitative estimate of drug-likeness (QED) is 0.493. The molecule has 0 heterocycles. The van der Waals surface area contributed by atoms with Crippen LogP contribution >= 0.6 is 12.2 Å². The fourth-order valence-electron chi connectivity index (χ4n) is 1.19. The van der Waals surface area contributed by atoms with Crippen LogP contribution in [-0.4, -0.2) is 49.1 Å². The summed E-state index contributed by atoms with van der Waals surface area (Å²) in [6.07, 6.45) is 0.593. The van der Waals surface area contributed by atoms with Crippen LogP contribution in [0.2, 0.25) is 0 Å². The second kappa shape index (κ2) is 7.57. The molecule has 0 aromatic rings. The minimum atomic E-state index is -3.63. The molecule has 0 saturated carbocycles. The molecule has 2 N–H and O–H groups in total. The third kappa shape index (κ3) is 6.54. The van der Waals surface area contributed by atoms with E-state index in [0.29, 0.717) is 6.42 Å². The normalized spacial score (nSPS) is 11.5. The van der Waals surface area contributed by atoms with E-state index in [-0.39, 0.29) is 24.7 Å². The van der Waals surface area contributed by atoms with E-state index in [4.69, 9.17) is 10.5 Å². The molecular formula is C9H18N2O4S2. The van der Waals surface area contributed by atoms with Crippen molar-refractivity contribution in [1.29, 1.82) is 0 Å². The number of esters is 1. The Bertz CT molecular complexity index is 367. The third-order valence-electron chi connectivity index (χ3n) is 1.80. The van der Waals surface area contributed by atoms with E-state index in [1.807, 2.05) is 6.92 Å². The van der Waals surface area contributed by atoms with Crippen molar-refractivity contribution in [3.8, 4) is 0 Å². The number of carbonyl (C=O) groups excluding carboxylic acids is 1. The molecule has 0 unspecified atom stereocenters. The Labute approximate surface area is 107 Å². The zero-order valence-electron chi connectivity index (χ0n) is 10.0. The molecule has 6 nitrogen and oxygen atoms in total. The van der Waals surface area contributed by atoms with Gasteiger partial charge in [0.2, 0.25) is 10.0 Å². The van der Waals surface area contributed by atoms with Crippen molar-refractivity contribution in [2.45, 2.75) is 20.3 Å². The van der Waals surface area contributed by atoms with Crippen molar-refractivity contribution in [3.05, 3.63) is 0 Å².